The van der Waals surface area contributed by atoms with Crippen LogP contribution >= 0.6 is 11.3 Å². The number of para-hydroxylation sites is 1. The van der Waals surface area contributed by atoms with Crippen molar-refractivity contribution in [3.05, 3.63) is 66.2 Å². The summed E-state index contributed by atoms with van der Waals surface area (Å²) in [5, 5.41) is 14.0. The van der Waals surface area contributed by atoms with Gasteiger partial charge in [0.1, 0.15) is 23.7 Å². The third-order valence-corrected chi connectivity index (χ3v) is 5.30. The molecule has 0 radical (unpaired) electrons. The normalized spacial score (nSPS) is 10.9. The summed E-state index contributed by atoms with van der Waals surface area (Å²) in [5.41, 5.74) is 5.76. The monoisotopic (exact) mass is 400 g/mol. The summed E-state index contributed by atoms with van der Waals surface area (Å²) in [6, 6.07) is 13.7. The maximum Gasteiger partial charge on any atom is 0.167 e. The number of nitrogens with one attached hydrogen (secondary N) is 1. The van der Waals surface area contributed by atoms with Gasteiger partial charge in [0.2, 0.25) is 0 Å². The molecular weight excluding hydrogens is 384 g/mol. The molecular formula is C21H16N6OS. The minimum absolute atomic E-state index is 0.499. The molecule has 3 aromatic heterocycles. The Labute approximate surface area is 171 Å². The third kappa shape index (κ3) is 3.77. The predicted octanol–water partition coefficient (Wildman–Crippen LogP) is 4.47. The van der Waals surface area contributed by atoms with Crippen LogP contribution in [0.5, 0.6) is 5.75 Å². The van der Waals surface area contributed by atoms with E-state index in [0.717, 1.165) is 26.5 Å². The van der Waals surface area contributed by atoms with Crippen molar-refractivity contribution in [1.29, 1.82) is 5.26 Å². The number of nitrogens with zero attached hydrogens (tertiary/aromatic N) is 5. The number of benzene rings is 1. The van der Waals surface area contributed by atoms with Crippen LogP contribution in [0.15, 0.2) is 60.2 Å². The van der Waals surface area contributed by atoms with E-state index < -0.39 is 0 Å². The Bertz CT molecular complexity index is 1210. The first-order valence-corrected chi connectivity index (χ1v) is 9.72. The number of pyridine rings is 1. The largest absolute Gasteiger partial charge is 0.493 e. The lowest BCUT2D eigenvalue weighted by molar-refractivity contribution is 0.341. The quantitative estimate of drug-likeness (QED) is 0.379. The number of fused-ring (bicyclic) bond motifs is 1. The number of thiophene rings is 1. The second-order valence-electron chi connectivity index (χ2n) is 5.90. The molecule has 0 saturated carbocycles. The van der Waals surface area contributed by atoms with E-state index in [0.29, 0.717) is 23.5 Å². The van der Waals surface area contributed by atoms with Crippen LogP contribution in [0.4, 0.5) is 5.82 Å². The molecule has 0 atom stereocenters. The first kappa shape index (κ1) is 18.5. The van der Waals surface area contributed by atoms with Crippen molar-refractivity contribution in [3.8, 4) is 22.3 Å². The molecule has 0 fully saturated rings. The highest BCUT2D eigenvalue weighted by atomic mass is 32.1. The first-order valence-electron chi connectivity index (χ1n) is 8.90. The lowest BCUT2D eigenvalue weighted by atomic mass is 10.1. The van der Waals surface area contributed by atoms with Gasteiger partial charge in [-0.2, -0.15) is 10.4 Å². The van der Waals surface area contributed by atoms with Crippen LogP contribution in [-0.4, -0.2) is 27.8 Å². The summed E-state index contributed by atoms with van der Waals surface area (Å²) in [4.78, 5) is 13.5. The second kappa shape index (κ2) is 8.46. The minimum Gasteiger partial charge on any atom is -0.493 e. The topological polar surface area (TPSA) is 96.1 Å². The van der Waals surface area contributed by atoms with E-state index in [-0.39, 0.29) is 0 Å². The Morgan fingerprint density at radius 1 is 1.24 bits per heavy atom. The van der Waals surface area contributed by atoms with Gasteiger partial charge in [-0.05, 0) is 25.1 Å². The highest BCUT2D eigenvalue weighted by molar-refractivity contribution is 7.23. The van der Waals surface area contributed by atoms with E-state index in [2.05, 4.69) is 31.5 Å². The maximum absolute atomic E-state index is 9.80. The van der Waals surface area contributed by atoms with E-state index >= 15 is 0 Å². The Morgan fingerprint density at radius 3 is 2.93 bits per heavy atom. The fourth-order valence-electron chi connectivity index (χ4n) is 2.84. The van der Waals surface area contributed by atoms with E-state index in [9.17, 15) is 5.26 Å². The molecule has 1 N–H and O–H groups in total. The van der Waals surface area contributed by atoms with Gasteiger partial charge in [-0.1, -0.05) is 18.2 Å². The van der Waals surface area contributed by atoms with Crippen LogP contribution in [-0.2, 0) is 0 Å². The van der Waals surface area contributed by atoms with Crippen LogP contribution < -0.4 is 10.2 Å². The zero-order chi connectivity index (χ0) is 20.1. The van der Waals surface area contributed by atoms with Gasteiger partial charge in [0.05, 0.1) is 28.0 Å². The predicted molar refractivity (Wildman–Crippen MR) is 114 cm³/mol. The summed E-state index contributed by atoms with van der Waals surface area (Å²) in [5.74, 6) is 1.27. The summed E-state index contributed by atoms with van der Waals surface area (Å²) in [6.07, 6.45) is 6.50. The smallest absolute Gasteiger partial charge is 0.167 e. The summed E-state index contributed by atoms with van der Waals surface area (Å²) in [6.45, 7) is 2.47. The van der Waals surface area contributed by atoms with Gasteiger partial charge >= 0.3 is 0 Å². The number of aromatic nitrogens is 3. The van der Waals surface area contributed by atoms with Crippen LogP contribution in [0.25, 0.3) is 20.7 Å². The van der Waals surface area contributed by atoms with E-state index in [1.54, 1.807) is 18.6 Å². The standard InChI is InChI=1S/C21H16N6OS/c1-2-28-17-8-4-3-7-15(17)19-16(10-22)18-20(29-19)21(25-13-24-18)27-26-12-14-6-5-9-23-11-14/h3-9,11-13H,2H2,1H3,(H,24,25,27). The molecule has 0 amide bonds. The third-order valence-electron chi connectivity index (χ3n) is 4.08. The number of hydrogen-bond acceptors (Lipinski definition) is 8. The molecule has 0 aliphatic rings. The Balaban J connectivity index is 1.76. The van der Waals surface area contributed by atoms with Crippen molar-refractivity contribution in [2.45, 2.75) is 6.92 Å². The Kier molecular flexibility index (Phi) is 5.40. The summed E-state index contributed by atoms with van der Waals surface area (Å²) >= 11 is 1.44. The van der Waals surface area contributed by atoms with Gasteiger partial charge in [0, 0.05) is 23.5 Å². The Morgan fingerprint density at radius 2 is 2.14 bits per heavy atom. The number of hydrogen-bond donors (Lipinski definition) is 1. The van der Waals surface area contributed by atoms with Gasteiger partial charge in [-0.25, -0.2) is 9.97 Å². The number of nitriles is 1. The molecule has 0 saturated heterocycles. The molecule has 0 spiro atoms. The fraction of sp³-hybridized carbons (Fsp3) is 0.0952. The Hall–Kier alpha value is -3.83. The number of rotatable bonds is 6. The maximum atomic E-state index is 9.80. The minimum atomic E-state index is 0.499. The van der Waals surface area contributed by atoms with Crippen LogP contribution in [0.2, 0.25) is 0 Å². The van der Waals surface area contributed by atoms with Gasteiger partial charge in [-0.15, -0.1) is 11.3 Å². The van der Waals surface area contributed by atoms with Crippen molar-refractivity contribution >= 4 is 33.6 Å². The second-order valence-corrected chi connectivity index (χ2v) is 6.92. The fourth-order valence-corrected chi connectivity index (χ4v) is 4.01. The van der Waals surface area contributed by atoms with E-state index in [1.807, 2.05) is 43.3 Å². The van der Waals surface area contributed by atoms with Crippen LogP contribution in [0.1, 0.15) is 18.1 Å². The lowest BCUT2D eigenvalue weighted by Gasteiger charge is -2.08. The number of ether oxygens (including phenoxy) is 1. The molecule has 0 aliphatic heterocycles. The molecule has 29 heavy (non-hydrogen) atoms. The molecule has 7 nitrogen and oxygen atoms in total. The number of anilines is 1. The summed E-state index contributed by atoms with van der Waals surface area (Å²) < 4.78 is 6.51. The van der Waals surface area contributed by atoms with Gasteiger partial charge in [0.15, 0.2) is 5.82 Å². The first-order chi connectivity index (χ1) is 14.3. The van der Waals surface area contributed by atoms with Crippen molar-refractivity contribution in [3.63, 3.8) is 0 Å². The summed E-state index contributed by atoms with van der Waals surface area (Å²) in [7, 11) is 0. The molecule has 0 bridgehead atoms. The molecule has 142 valence electrons. The average Bonchev–Trinajstić information content (AvgIpc) is 3.14. The molecule has 0 aliphatic carbocycles. The SMILES string of the molecule is CCOc1ccccc1-c1sc2c(NN=Cc3cccnc3)ncnc2c1C#N. The molecule has 4 aromatic rings. The van der Waals surface area contributed by atoms with Crippen molar-refractivity contribution in [1.82, 2.24) is 15.0 Å². The van der Waals surface area contributed by atoms with Gasteiger partial charge < -0.3 is 4.74 Å². The highest BCUT2D eigenvalue weighted by Crippen LogP contribution is 2.43. The van der Waals surface area contributed by atoms with Crippen LogP contribution in [0, 0.1) is 11.3 Å². The molecule has 1 aromatic carbocycles. The van der Waals surface area contributed by atoms with E-state index in [1.165, 1.54) is 17.7 Å². The lowest BCUT2D eigenvalue weighted by Crippen LogP contribution is -1.95. The van der Waals surface area contributed by atoms with Crippen molar-refractivity contribution < 1.29 is 4.74 Å². The van der Waals surface area contributed by atoms with Crippen molar-refractivity contribution in [2.75, 3.05) is 12.0 Å². The van der Waals surface area contributed by atoms with Crippen LogP contribution in [0.3, 0.4) is 0 Å². The molecule has 0 unspecified atom stereocenters. The molecule has 4 rings (SSSR count). The zero-order valence-electron chi connectivity index (χ0n) is 15.5. The van der Waals surface area contributed by atoms with E-state index in [4.69, 9.17) is 4.74 Å². The van der Waals surface area contributed by atoms with Crippen molar-refractivity contribution in [2.24, 2.45) is 5.10 Å². The zero-order valence-corrected chi connectivity index (χ0v) is 16.3. The van der Waals surface area contributed by atoms with Gasteiger partial charge in [-0.3, -0.25) is 10.4 Å². The molecule has 8 heteroatoms. The average molecular weight is 400 g/mol. The highest BCUT2D eigenvalue weighted by Gasteiger charge is 2.20. The molecule has 3 heterocycles. The van der Waals surface area contributed by atoms with Gasteiger partial charge in [0.25, 0.3) is 0 Å². The number of hydrazone groups is 1.